The maximum Gasteiger partial charge on any atom is 0.658 e. The first-order valence-corrected chi connectivity index (χ1v) is 5.96. The second-order valence-corrected chi connectivity index (χ2v) is 3.92. The number of benzene rings is 2. The zero-order valence-electron chi connectivity index (χ0n) is 11.4. The van der Waals surface area contributed by atoms with Crippen molar-refractivity contribution in [2.24, 2.45) is 0 Å². The molecule has 0 unspecified atom stereocenters. The first-order valence-electron chi connectivity index (χ1n) is 5.96. The summed E-state index contributed by atoms with van der Waals surface area (Å²) in [6, 6.07) is 8.01. The number of hydrogen-bond donors (Lipinski definition) is 0. The summed E-state index contributed by atoms with van der Waals surface area (Å²) in [7, 11) is 3.75. The molecule has 0 N–H and O–H groups in total. The lowest BCUT2D eigenvalue weighted by Crippen LogP contribution is -2.11. The first-order chi connectivity index (χ1) is 10.1. The molecule has 109 valence electrons. The molecule has 0 atom stereocenters. The largest absolute Gasteiger partial charge is 0.658 e. The van der Waals surface area contributed by atoms with Gasteiger partial charge in [0.2, 0.25) is 0 Å². The van der Waals surface area contributed by atoms with Crippen LogP contribution in [0.15, 0.2) is 36.4 Å². The fraction of sp³-hybridized carbons (Fsp3) is 0.143. The van der Waals surface area contributed by atoms with Crippen LogP contribution in [0.5, 0.6) is 23.0 Å². The molecule has 2 aromatic carbocycles. The molecule has 0 aliphatic rings. The van der Waals surface area contributed by atoms with E-state index in [2.05, 4.69) is 0 Å². The zero-order valence-corrected chi connectivity index (χ0v) is 11.4. The van der Waals surface area contributed by atoms with Gasteiger partial charge in [0, 0.05) is 12.1 Å². The van der Waals surface area contributed by atoms with E-state index in [0.717, 1.165) is 7.69 Å². The normalized spacial score (nSPS) is 9.90. The molecule has 0 fully saturated rings. The minimum Gasteiger partial charge on any atom is -0.526 e. The molecular formula is C14H12BF2O4. The number of rotatable bonds is 6. The van der Waals surface area contributed by atoms with Crippen LogP contribution in [0.25, 0.3) is 0 Å². The molecule has 0 amide bonds. The molecule has 2 rings (SSSR count). The Kier molecular flexibility index (Phi) is 4.87. The van der Waals surface area contributed by atoms with Crippen LogP contribution in [0.2, 0.25) is 0 Å². The molecule has 0 aliphatic carbocycles. The van der Waals surface area contributed by atoms with Gasteiger partial charge in [-0.2, -0.15) is 0 Å². The molecule has 1 radical (unpaired) electrons. The van der Waals surface area contributed by atoms with Gasteiger partial charge in [0.15, 0.2) is 23.1 Å². The Morgan fingerprint density at radius 3 is 1.57 bits per heavy atom. The third-order valence-corrected chi connectivity index (χ3v) is 2.61. The Morgan fingerprint density at radius 2 is 1.19 bits per heavy atom. The topological polar surface area (TPSA) is 36.9 Å². The lowest BCUT2D eigenvalue weighted by atomic mass is 10.2. The lowest BCUT2D eigenvalue weighted by Gasteiger charge is -2.09. The predicted molar refractivity (Wildman–Crippen MR) is 72.9 cm³/mol. The Bertz CT molecular complexity index is 568. The molecule has 0 saturated carbocycles. The standard InChI is InChI=1S/C14H12BF2O4/c1-18-13-7-9(3-5-11(13)16)20-15-21-10-4-6-12(17)14(8-10)19-2/h3-8H,1-2H3. The van der Waals surface area contributed by atoms with Crippen LogP contribution < -0.4 is 18.8 Å². The maximum atomic E-state index is 13.2. The highest BCUT2D eigenvalue weighted by Gasteiger charge is 2.08. The molecule has 0 aliphatic heterocycles. The molecule has 21 heavy (non-hydrogen) atoms. The van der Waals surface area contributed by atoms with Gasteiger partial charge in [-0.3, -0.25) is 0 Å². The zero-order chi connectivity index (χ0) is 15.2. The van der Waals surface area contributed by atoms with Gasteiger partial charge in [0.05, 0.1) is 14.2 Å². The highest BCUT2D eigenvalue weighted by molar-refractivity contribution is 6.20. The molecule has 0 saturated heterocycles. The predicted octanol–water partition coefficient (Wildman–Crippen LogP) is 2.97. The van der Waals surface area contributed by atoms with Crippen molar-refractivity contribution in [2.45, 2.75) is 0 Å². The van der Waals surface area contributed by atoms with Crippen LogP contribution in [0.4, 0.5) is 8.78 Å². The minimum absolute atomic E-state index is 0.0596. The second-order valence-electron chi connectivity index (χ2n) is 3.92. The fourth-order valence-corrected chi connectivity index (χ4v) is 1.56. The van der Waals surface area contributed by atoms with Gasteiger partial charge in [-0.05, 0) is 24.3 Å². The van der Waals surface area contributed by atoms with Gasteiger partial charge in [-0.1, -0.05) is 0 Å². The van der Waals surface area contributed by atoms with Crippen molar-refractivity contribution in [1.29, 1.82) is 0 Å². The molecule has 4 nitrogen and oxygen atoms in total. The highest BCUT2D eigenvalue weighted by atomic mass is 19.1. The monoisotopic (exact) mass is 293 g/mol. The van der Waals surface area contributed by atoms with Crippen molar-refractivity contribution in [3.8, 4) is 23.0 Å². The van der Waals surface area contributed by atoms with Crippen LogP contribution in [0.1, 0.15) is 0 Å². The number of halogens is 2. The van der Waals surface area contributed by atoms with Crippen LogP contribution >= 0.6 is 0 Å². The molecule has 7 heteroatoms. The lowest BCUT2D eigenvalue weighted by molar-refractivity contribution is 0.379. The van der Waals surface area contributed by atoms with Gasteiger partial charge in [-0.15, -0.1) is 0 Å². The molecule has 0 spiro atoms. The summed E-state index contributed by atoms with van der Waals surface area (Å²) in [6.07, 6.45) is 0. The number of hydrogen-bond acceptors (Lipinski definition) is 4. The summed E-state index contributed by atoms with van der Waals surface area (Å²) in [5.74, 6) is -0.193. The summed E-state index contributed by atoms with van der Waals surface area (Å²) < 4.78 is 46.4. The van der Waals surface area contributed by atoms with Crippen molar-refractivity contribution in [3.05, 3.63) is 48.0 Å². The quantitative estimate of drug-likeness (QED) is 0.767. The third-order valence-electron chi connectivity index (χ3n) is 2.61. The third kappa shape index (κ3) is 3.78. The summed E-state index contributed by atoms with van der Waals surface area (Å²) >= 11 is 0. The first kappa shape index (κ1) is 15.0. The molecule has 2 aromatic rings. The van der Waals surface area contributed by atoms with E-state index in [9.17, 15) is 8.78 Å². The molecule has 0 bridgehead atoms. The summed E-state index contributed by atoms with van der Waals surface area (Å²) in [5, 5.41) is 0. The Hall–Kier alpha value is -2.44. The Morgan fingerprint density at radius 1 is 0.762 bits per heavy atom. The van der Waals surface area contributed by atoms with Crippen molar-refractivity contribution < 1.29 is 27.6 Å². The molecular weight excluding hydrogens is 281 g/mol. The van der Waals surface area contributed by atoms with Crippen LogP contribution in [0.3, 0.4) is 0 Å². The highest BCUT2D eigenvalue weighted by Crippen LogP contribution is 2.24. The van der Waals surface area contributed by atoms with E-state index in [1.54, 1.807) is 0 Å². The summed E-state index contributed by atoms with van der Waals surface area (Å²) in [4.78, 5) is 0. The van der Waals surface area contributed by atoms with Gasteiger partial charge in [0.1, 0.15) is 11.5 Å². The average molecular weight is 293 g/mol. The second kappa shape index (κ2) is 6.83. The van der Waals surface area contributed by atoms with Crippen molar-refractivity contribution in [2.75, 3.05) is 14.2 Å². The van der Waals surface area contributed by atoms with Gasteiger partial charge < -0.3 is 18.8 Å². The number of ether oxygens (including phenoxy) is 2. The van der Waals surface area contributed by atoms with E-state index < -0.39 is 11.6 Å². The van der Waals surface area contributed by atoms with Crippen LogP contribution in [-0.2, 0) is 0 Å². The maximum absolute atomic E-state index is 13.2. The van der Waals surface area contributed by atoms with E-state index in [-0.39, 0.29) is 11.5 Å². The van der Waals surface area contributed by atoms with Gasteiger partial charge >= 0.3 is 7.69 Å². The molecule has 0 heterocycles. The molecule has 0 aromatic heterocycles. The van der Waals surface area contributed by atoms with E-state index in [1.165, 1.54) is 50.6 Å². The van der Waals surface area contributed by atoms with E-state index in [0.29, 0.717) is 11.5 Å². The minimum atomic E-state index is -0.492. The van der Waals surface area contributed by atoms with E-state index in [4.69, 9.17) is 18.8 Å². The Labute approximate surface area is 121 Å². The van der Waals surface area contributed by atoms with Crippen molar-refractivity contribution in [1.82, 2.24) is 0 Å². The van der Waals surface area contributed by atoms with Crippen LogP contribution in [0, 0.1) is 11.6 Å². The van der Waals surface area contributed by atoms with Crippen molar-refractivity contribution >= 4 is 7.69 Å². The van der Waals surface area contributed by atoms with Crippen LogP contribution in [-0.4, -0.2) is 21.9 Å². The van der Waals surface area contributed by atoms with Gasteiger partial charge in [0.25, 0.3) is 0 Å². The fourth-order valence-electron chi connectivity index (χ4n) is 1.56. The van der Waals surface area contributed by atoms with E-state index >= 15 is 0 Å². The summed E-state index contributed by atoms with van der Waals surface area (Å²) in [6.45, 7) is 0. The Balaban J connectivity index is 1.95. The van der Waals surface area contributed by atoms with E-state index in [1.807, 2.05) is 0 Å². The summed E-state index contributed by atoms with van der Waals surface area (Å²) in [5.41, 5.74) is 0. The SMILES string of the molecule is COc1cc(O[B]Oc2ccc(F)c(OC)c2)ccc1F. The smallest absolute Gasteiger partial charge is 0.526 e. The van der Waals surface area contributed by atoms with Crippen molar-refractivity contribution in [3.63, 3.8) is 0 Å². The number of methoxy groups -OCH3 is 2. The van der Waals surface area contributed by atoms with Gasteiger partial charge in [-0.25, -0.2) is 8.78 Å². The average Bonchev–Trinajstić information content (AvgIpc) is 2.50.